The number of hydrogen-bond donors (Lipinski definition) is 0. The van der Waals surface area contributed by atoms with Gasteiger partial charge in [0, 0.05) is 11.8 Å². The van der Waals surface area contributed by atoms with E-state index in [9.17, 15) is 0 Å². The number of benzene rings is 1. The average molecular weight is 284 g/mol. The summed E-state index contributed by atoms with van der Waals surface area (Å²) >= 11 is 0. The van der Waals surface area contributed by atoms with Crippen LogP contribution in [0.1, 0.15) is 25.1 Å². The SMILES string of the molecule is CCOc1ccccc1Cn1cccc1C1=NC(C)CO1. The lowest BCUT2D eigenvalue weighted by Crippen LogP contribution is -2.11. The average Bonchev–Trinajstić information content (AvgIpc) is 3.10. The third-order valence-electron chi connectivity index (χ3n) is 3.46. The molecule has 0 fully saturated rings. The van der Waals surface area contributed by atoms with E-state index in [0.29, 0.717) is 13.2 Å². The highest BCUT2D eigenvalue weighted by molar-refractivity contribution is 5.93. The van der Waals surface area contributed by atoms with Crippen LogP contribution in [0.4, 0.5) is 0 Å². The van der Waals surface area contributed by atoms with Crippen LogP contribution in [0.5, 0.6) is 5.75 Å². The highest BCUT2D eigenvalue weighted by Gasteiger charge is 2.19. The third-order valence-corrected chi connectivity index (χ3v) is 3.46. The summed E-state index contributed by atoms with van der Waals surface area (Å²) < 4.78 is 13.5. The predicted molar refractivity (Wildman–Crippen MR) is 83.1 cm³/mol. The largest absolute Gasteiger partial charge is 0.494 e. The maximum absolute atomic E-state index is 5.69. The Labute approximate surface area is 125 Å². The number of aromatic nitrogens is 1. The predicted octanol–water partition coefficient (Wildman–Crippen LogP) is 3.10. The van der Waals surface area contributed by atoms with Crippen molar-refractivity contribution in [2.45, 2.75) is 26.4 Å². The van der Waals surface area contributed by atoms with E-state index >= 15 is 0 Å². The Morgan fingerprint density at radius 3 is 2.90 bits per heavy atom. The molecule has 21 heavy (non-hydrogen) atoms. The maximum Gasteiger partial charge on any atom is 0.233 e. The van der Waals surface area contributed by atoms with Crippen LogP contribution in [0.2, 0.25) is 0 Å². The molecule has 0 saturated heterocycles. The molecule has 0 radical (unpaired) electrons. The molecule has 1 aliphatic heterocycles. The molecule has 1 unspecified atom stereocenters. The molecule has 1 aliphatic rings. The van der Waals surface area contributed by atoms with Crippen LogP contribution in [0.15, 0.2) is 47.6 Å². The fourth-order valence-electron chi connectivity index (χ4n) is 2.47. The van der Waals surface area contributed by atoms with Gasteiger partial charge in [-0.3, -0.25) is 0 Å². The first-order chi connectivity index (χ1) is 10.3. The Kier molecular flexibility index (Phi) is 3.95. The Bertz CT molecular complexity index is 646. The molecule has 0 saturated carbocycles. The van der Waals surface area contributed by atoms with Gasteiger partial charge in [0.1, 0.15) is 18.1 Å². The molecule has 4 nitrogen and oxygen atoms in total. The molecule has 110 valence electrons. The summed E-state index contributed by atoms with van der Waals surface area (Å²) in [5.74, 6) is 1.67. The summed E-state index contributed by atoms with van der Waals surface area (Å²) in [6.45, 7) is 6.14. The minimum Gasteiger partial charge on any atom is -0.494 e. The molecule has 0 amide bonds. The van der Waals surface area contributed by atoms with Gasteiger partial charge >= 0.3 is 0 Å². The van der Waals surface area contributed by atoms with Gasteiger partial charge in [0.25, 0.3) is 0 Å². The second-order valence-electron chi connectivity index (χ2n) is 5.16. The van der Waals surface area contributed by atoms with Gasteiger partial charge < -0.3 is 14.0 Å². The van der Waals surface area contributed by atoms with Crippen LogP contribution in [0.3, 0.4) is 0 Å². The first-order valence-corrected chi connectivity index (χ1v) is 7.34. The van der Waals surface area contributed by atoms with Crippen molar-refractivity contribution in [1.29, 1.82) is 0 Å². The molecule has 2 aromatic rings. The van der Waals surface area contributed by atoms with Crippen molar-refractivity contribution in [2.24, 2.45) is 4.99 Å². The zero-order valence-corrected chi connectivity index (χ0v) is 12.5. The second-order valence-corrected chi connectivity index (χ2v) is 5.16. The third kappa shape index (κ3) is 2.94. The zero-order valence-electron chi connectivity index (χ0n) is 12.5. The normalized spacial score (nSPS) is 17.4. The number of rotatable bonds is 5. The molecule has 3 rings (SSSR count). The van der Waals surface area contributed by atoms with Crippen molar-refractivity contribution in [3.05, 3.63) is 53.9 Å². The summed E-state index contributed by atoms with van der Waals surface area (Å²) in [4.78, 5) is 4.53. The van der Waals surface area contributed by atoms with Crippen LogP contribution in [-0.2, 0) is 11.3 Å². The van der Waals surface area contributed by atoms with E-state index in [2.05, 4.69) is 22.5 Å². The van der Waals surface area contributed by atoms with Gasteiger partial charge in [-0.15, -0.1) is 0 Å². The van der Waals surface area contributed by atoms with Crippen LogP contribution >= 0.6 is 0 Å². The van der Waals surface area contributed by atoms with Crippen molar-refractivity contribution in [1.82, 2.24) is 4.57 Å². The van der Waals surface area contributed by atoms with Gasteiger partial charge in [-0.25, -0.2) is 4.99 Å². The van der Waals surface area contributed by atoms with Crippen molar-refractivity contribution >= 4 is 5.90 Å². The van der Waals surface area contributed by atoms with E-state index in [0.717, 1.165) is 29.4 Å². The quantitative estimate of drug-likeness (QED) is 0.845. The van der Waals surface area contributed by atoms with Gasteiger partial charge in [0.05, 0.1) is 19.2 Å². The lowest BCUT2D eigenvalue weighted by Gasteiger charge is -2.13. The topological polar surface area (TPSA) is 35.8 Å². The molecule has 2 heterocycles. The van der Waals surface area contributed by atoms with Gasteiger partial charge in [-0.2, -0.15) is 0 Å². The lowest BCUT2D eigenvalue weighted by molar-refractivity contribution is 0.322. The minimum absolute atomic E-state index is 0.235. The van der Waals surface area contributed by atoms with E-state index in [1.807, 2.05) is 43.5 Å². The number of nitrogens with zero attached hydrogens (tertiary/aromatic N) is 2. The summed E-state index contributed by atoms with van der Waals surface area (Å²) in [5.41, 5.74) is 2.18. The van der Waals surface area contributed by atoms with E-state index in [-0.39, 0.29) is 6.04 Å². The molecule has 1 aromatic carbocycles. The van der Waals surface area contributed by atoms with Crippen molar-refractivity contribution < 1.29 is 9.47 Å². The smallest absolute Gasteiger partial charge is 0.233 e. The highest BCUT2D eigenvalue weighted by Crippen LogP contribution is 2.21. The van der Waals surface area contributed by atoms with Gasteiger partial charge in [0.15, 0.2) is 0 Å². The molecular weight excluding hydrogens is 264 g/mol. The Morgan fingerprint density at radius 2 is 2.14 bits per heavy atom. The zero-order chi connectivity index (χ0) is 14.7. The molecule has 1 atom stereocenters. The summed E-state index contributed by atoms with van der Waals surface area (Å²) in [7, 11) is 0. The Balaban J connectivity index is 1.87. The summed E-state index contributed by atoms with van der Waals surface area (Å²) in [6.07, 6.45) is 2.05. The molecule has 0 spiro atoms. The summed E-state index contributed by atoms with van der Waals surface area (Å²) in [5, 5.41) is 0. The fraction of sp³-hybridized carbons (Fsp3) is 0.353. The van der Waals surface area contributed by atoms with Crippen LogP contribution < -0.4 is 4.74 Å². The number of hydrogen-bond acceptors (Lipinski definition) is 3. The van der Waals surface area contributed by atoms with Crippen LogP contribution in [0, 0.1) is 0 Å². The van der Waals surface area contributed by atoms with Crippen molar-refractivity contribution in [2.75, 3.05) is 13.2 Å². The van der Waals surface area contributed by atoms with E-state index < -0.39 is 0 Å². The van der Waals surface area contributed by atoms with Gasteiger partial charge in [0.2, 0.25) is 5.90 Å². The van der Waals surface area contributed by atoms with Crippen LogP contribution in [0.25, 0.3) is 0 Å². The molecule has 0 bridgehead atoms. The standard InChI is InChI=1S/C17H20N2O2/c1-3-20-16-9-5-4-7-14(16)11-19-10-6-8-15(19)17-18-13(2)12-21-17/h4-10,13H,3,11-12H2,1-2H3. The van der Waals surface area contributed by atoms with E-state index in [1.54, 1.807) is 0 Å². The molecule has 1 aromatic heterocycles. The number of para-hydroxylation sites is 1. The van der Waals surface area contributed by atoms with E-state index in [4.69, 9.17) is 9.47 Å². The lowest BCUT2D eigenvalue weighted by atomic mass is 10.2. The number of aliphatic imine (C=N–C) groups is 1. The van der Waals surface area contributed by atoms with Crippen molar-refractivity contribution in [3.8, 4) is 5.75 Å². The highest BCUT2D eigenvalue weighted by atomic mass is 16.5. The van der Waals surface area contributed by atoms with Gasteiger partial charge in [-0.05, 0) is 32.0 Å². The molecule has 0 aliphatic carbocycles. The molecule has 4 heteroatoms. The fourth-order valence-corrected chi connectivity index (χ4v) is 2.47. The minimum atomic E-state index is 0.235. The van der Waals surface area contributed by atoms with Crippen molar-refractivity contribution in [3.63, 3.8) is 0 Å². The molecular formula is C17H20N2O2. The maximum atomic E-state index is 5.69. The Morgan fingerprint density at radius 1 is 1.29 bits per heavy atom. The number of ether oxygens (including phenoxy) is 2. The second kappa shape index (κ2) is 6.04. The first-order valence-electron chi connectivity index (χ1n) is 7.34. The first kappa shape index (κ1) is 13.7. The molecule has 0 N–H and O–H groups in total. The Hall–Kier alpha value is -2.23. The monoisotopic (exact) mass is 284 g/mol. The van der Waals surface area contributed by atoms with E-state index in [1.165, 1.54) is 0 Å². The summed E-state index contributed by atoms with van der Waals surface area (Å²) in [6, 6.07) is 12.4. The van der Waals surface area contributed by atoms with Crippen LogP contribution in [-0.4, -0.2) is 29.7 Å². The van der Waals surface area contributed by atoms with Gasteiger partial charge in [-0.1, -0.05) is 18.2 Å².